The number of ketones is 1. The molecular weight excluding hydrogens is 248 g/mol. The maximum absolute atomic E-state index is 13.0. The Labute approximate surface area is 122 Å². The third-order valence-corrected chi connectivity index (χ3v) is 4.55. The van der Waals surface area contributed by atoms with E-state index >= 15 is 0 Å². The smallest absolute Gasteiger partial charge is 0.182 e. The Bertz CT molecular complexity index is 514. The minimum Gasteiger partial charge on any atom is -0.314 e. The molecular formula is C17H26N2O. The summed E-state index contributed by atoms with van der Waals surface area (Å²) in [4.78, 5) is 15.3. The summed E-state index contributed by atoms with van der Waals surface area (Å²) in [5.41, 5.74) is 3.96. The molecule has 1 fully saturated rings. The number of benzene rings is 1. The molecule has 20 heavy (non-hydrogen) atoms. The normalized spacial score (nSPS) is 17.2. The third-order valence-electron chi connectivity index (χ3n) is 4.55. The first kappa shape index (κ1) is 15.2. The van der Waals surface area contributed by atoms with Crippen molar-refractivity contribution in [2.75, 3.05) is 26.2 Å². The van der Waals surface area contributed by atoms with Crippen molar-refractivity contribution < 1.29 is 4.79 Å². The molecule has 1 heterocycles. The van der Waals surface area contributed by atoms with Crippen molar-refractivity contribution in [2.24, 2.45) is 0 Å². The molecule has 2 rings (SSSR count). The molecule has 0 unspecified atom stereocenters. The summed E-state index contributed by atoms with van der Waals surface area (Å²) < 4.78 is 0. The molecule has 3 heteroatoms. The molecule has 1 aliphatic heterocycles. The van der Waals surface area contributed by atoms with Crippen molar-refractivity contribution in [3.8, 4) is 0 Å². The number of hydrogen-bond donors (Lipinski definition) is 1. The molecule has 0 saturated carbocycles. The van der Waals surface area contributed by atoms with Crippen molar-refractivity contribution in [1.29, 1.82) is 0 Å². The lowest BCUT2D eigenvalue weighted by atomic mass is 9.87. The van der Waals surface area contributed by atoms with E-state index in [0.717, 1.165) is 37.3 Å². The minimum absolute atomic E-state index is 0.236. The van der Waals surface area contributed by atoms with Gasteiger partial charge in [-0.3, -0.25) is 9.69 Å². The molecule has 1 aromatic carbocycles. The second-order valence-electron chi connectivity index (χ2n) is 6.38. The Hall–Kier alpha value is -1.19. The van der Waals surface area contributed by atoms with Gasteiger partial charge >= 0.3 is 0 Å². The van der Waals surface area contributed by atoms with Crippen LogP contribution in [0.1, 0.15) is 40.9 Å². The summed E-state index contributed by atoms with van der Waals surface area (Å²) in [6.07, 6.45) is 0. The van der Waals surface area contributed by atoms with Gasteiger partial charge in [-0.1, -0.05) is 6.07 Å². The number of carbonyl (C=O) groups is 1. The van der Waals surface area contributed by atoms with Gasteiger partial charge in [0.15, 0.2) is 5.78 Å². The van der Waals surface area contributed by atoms with E-state index in [1.807, 2.05) is 6.92 Å². The molecule has 0 amide bonds. The maximum Gasteiger partial charge on any atom is 0.182 e. The summed E-state index contributed by atoms with van der Waals surface area (Å²) in [5, 5.41) is 3.34. The van der Waals surface area contributed by atoms with Crippen LogP contribution in [0, 0.1) is 20.8 Å². The molecule has 0 aliphatic carbocycles. The number of rotatable bonds is 3. The monoisotopic (exact) mass is 274 g/mol. The lowest BCUT2D eigenvalue weighted by Gasteiger charge is -2.40. The van der Waals surface area contributed by atoms with Crippen LogP contribution >= 0.6 is 0 Å². The molecule has 1 aliphatic rings. The predicted molar refractivity (Wildman–Crippen MR) is 83.5 cm³/mol. The zero-order valence-corrected chi connectivity index (χ0v) is 13.3. The van der Waals surface area contributed by atoms with Crippen LogP contribution in [0.4, 0.5) is 0 Å². The van der Waals surface area contributed by atoms with Gasteiger partial charge < -0.3 is 5.32 Å². The zero-order valence-electron chi connectivity index (χ0n) is 13.3. The molecule has 0 aromatic heterocycles. The van der Waals surface area contributed by atoms with Gasteiger partial charge in [0, 0.05) is 31.7 Å². The Morgan fingerprint density at radius 3 is 2.20 bits per heavy atom. The Morgan fingerprint density at radius 2 is 1.60 bits per heavy atom. The van der Waals surface area contributed by atoms with Gasteiger partial charge in [-0.25, -0.2) is 0 Å². The number of carbonyl (C=O) groups excluding carboxylic acids is 1. The summed E-state index contributed by atoms with van der Waals surface area (Å²) in [5.74, 6) is 0.236. The first-order valence-electron chi connectivity index (χ1n) is 7.42. The van der Waals surface area contributed by atoms with Crippen molar-refractivity contribution in [3.05, 3.63) is 34.4 Å². The fraction of sp³-hybridized carbons (Fsp3) is 0.588. The van der Waals surface area contributed by atoms with Crippen LogP contribution in [0.25, 0.3) is 0 Å². The molecule has 1 saturated heterocycles. The third kappa shape index (κ3) is 2.79. The second-order valence-corrected chi connectivity index (χ2v) is 6.38. The highest BCUT2D eigenvalue weighted by molar-refractivity contribution is 6.04. The largest absolute Gasteiger partial charge is 0.314 e. The first-order valence-corrected chi connectivity index (χ1v) is 7.42. The topological polar surface area (TPSA) is 32.3 Å². The van der Waals surface area contributed by atoms with Crippen LogP contribution in [-0.4, -0.2) is 42.4 Å². The lowest BCUT2D eigenvalue weighted by molar-refractivity contribution is 0.0602. The first-order chi connectivity index (χ1) is 9.34. The molecule has 0 radical (unpaired) electrons. The van der Waals surface area contributed by atoms with Gasteiger partial charge in [0.1, 0.15) is 0 Å². The van der Waals surface area contributed by atoms with E-state index in [4.69, 9.17) is 0 Å². The highest BCUT2D eigenvalue weighted by atomic mass is 16.1. The molecule has 1 N–H and O–H groups in total. The fourth-order valence-electron chi connectivity index (χ4n) is 2.90. The highest BCUT2D eigenvalue weighted by Gasteiger charge is 2.36. The van der Waals surface area contributed by atoms with Crippen LogP contribution in [0.15, 0.2) is 12.1 Å². The standard InChI is InChI=1S/C17H26N2O/c1-12-10-14(3)15(11-13(12)2)16(20)17(4,5)19-8-6-18-7-9-19/h10-11,18H,6-9H2,1-5H3. The SMILES string of the molecule is Cc1cc(C)c(C(=O)C(C)(C)N2CCNCC2)cc1C. The van der Waals surface area contributed by atoms with Crippen LogP contribution in [0.3, 0.4) is 0 Å². The summed E-state index contributed by atoms with van der Waals surface area (Å²) in [7, 11) is 0. The van der Waals surface area contributed by atoms with E-state index in [9.17, 15) is 4.79 Å². The molecule has 3 nitrogen and oxygen atoms in total. The van der Waals surface area contributed by atoms with Gasteiger partial charge in [0.05, 0.1) is 5.54 Å². The van der Waals surface area contributed by atoms with E-state index < -0.39 is 5.54 Å². The average Bonchev–Trinajstić information content (AvgIpc) is 2.43. The second kappa shape index (κ2) is 5.66. The van der Waals surface area contributed by atoms with E-state index in [2.05, 4.69) is 50.0 Å². The number of nitrogens with zero attached hydrogens (tertiary/aromatic N) is 1. The molecule has 0 atom stereocenters. The van der Waals surface area contributed by atoms with Crippen molar-refractivity contribution in [3.63, 3.8) is 0 Å². The van der Waals surface area contributed by atoms with E-state index in [-0.39, 0.29) is 5.78 Å². The quantitative estimate of drug-likeness (QED) is 0.860. The maximum atomic E-state index is 13.0. The average molecular weight is 274 g/mol. The molecule has 0 spiro atoms. The van der Waals surface area contributed by atoms with Gasteiger partial charge in [-0.15, -0.1) is 0 Å². The van der Waals surface area contributed by atoms with E-state index in [1.165, 1.54) is 11.1 Å². The molecule has 0 bridgehead atoms. The van der Waals surface area contributed by atoms with Crippen LogP contribution in [0.2, 0.25) is 0 Å². The molecule has 110 valence electrons. The Balaban J connectivity index is 2.32. The Kier molecular flexibility index (Phi) is 4.31. The van der Waals surface area contributed by atoms with Gasteiger partial charge in [-0.2, -0.15) is 0 Å². The summed E-state index contributed by atoms with van der Waals surface area (Å²) in [6, 6.07) is 4.17. The van der Waals surface area contributed by atoms with Crippen molar-refractivity contribution in [2.45, 2.75) is 40.2 Å². The van der Waals surface area contributed by atoms with Gasteiger partial charge in [0.25, 0.3) is 0 Å². The number of aryl methyl sites for hydroxylation is 3. The van der Waals surface area contributed by atoms with Crippen molar-refractivity contribution >= 4 is 5.78 Å². The minimum atomic E-state index is -0.436. The molecule has 1 aromatic rings. The van der Waals surface area contributed by atoms with Crippen LogP contribution in [-0.2, 0) is 0 Å². The van der Waals surface area contributed by atoms with Gasteiger partial charge in [0.2, 0.25) is 0 Å². The predicted octanol–water partition coefficient (Wildman–Crippen LogP) is 2.48. The van der Waals surface area contributed by atoms with Crippen molar-refractivity contribution in [1.82, 2.24) is 10.2 Å². The highest BCUT2D eigenvalue weighted by Crippen LogP contribution is 2.25. The fourth-order valence-corrected chi connectivity index (χ4v) is 2.90. The summed E-state index contributed by atoms with van der Waals surface area (Å²) >= 11 is 0. The van der Waals surface area contributed by atoms with E-state index in [1.54, 1.807) is 0 Å². The zero-order chi connectivity index (χ0) is 14.9. The van der Waals surface area contributed by atoms with E-state index in [0.29, 0.717) is 0 Å². The van der Waals surface area contributed by atoms with Crippen LogP contribution in [0.5, 0.6) is 0 Å². The van der Waals surface area contributed by atoms with Crippen LogP contribution < -0.4 is 5.32 Å². The lowest BCUT2D eigenvalue weighted by Crippen LogP contribution is -2.57. The number of piperazine rings is 1. The van der Waals surface area contributed by atoms with Gasteiger partial charge in [-0.05, 0) is 57.4 Å². The number of Topliss-reactive ketones (excluding diaryl/α,β-unsaturated/α-hetero) is 1. The number of nitrogens with one attached hydrogen (secondary N) is 1. The number of hydrogen-bond acceptors (Lipinski definition) is 3. The summed E-state index contributed by atoms with van der Waals surface area (Å²) in [6.45, 7) is 14.1. The Morgan fingerprint density at radius 1 is 1.05 bits per heavy atom.